The van der Waals surface area contributed by atoms with Gasteiger partial charge in [-0.05, 0) is 18.5 Å². The van der Waals surface area contributed by atoms with Crippen LogP contribution in [0, 0.1) is 0 Å². The zero-order valence-electron chi connectivity index (χ0n) is 7.08. The quantitative estimate of drug-likeness (QED) is 0.587. The van der Waals surface area contributed by atoms with Crippen molar-refractivity contribution in [2.24, 2.45) is 0 Å². The molecule has 68 valence electrons. The van der Waals surface area contributed by atoms with Gasteiger partial charge >= 0.3 is 0 Å². The minimum Gasteiger partial charge on any atom is -0.811 e. The van der Waals surface area contributed by atoms with Crippen LogP contribution in [-0.4, -0.2) is 5.66 Å². The maximum atomic E-state index is 10.6. The van der Waals surface area contributed by atoms with Crippen LogP contribution in [0.3, 0.4) is 0 Å². The van der Waals surface area contributed by atoms with E-state index in [1.165, 1.54) is 0 Å². The summed E-state index contributed by atoms with van der Waals surface area (Å²) in [5, 5.41) is 0. The molecule has 0 unspecified atom stereocenters. The molecular formula is C7H15O3P-2. The largest absolute Gasteiger partial charge is 0.811 e. The first-order valence-corrected chi connectivity index (χ1v) is 5.65. The summed E-state index contributed by atoms with van der Waals surface area (Å²) < 4.78 is 10.6. The molecule has 0 atom stereocenters. The molecule has 0 N–H and O–H groups in total. The van der Waals surface area contributed by atoms with E-state index in [1.807, 2.05) is 13.8 Å². The van der Waals surface area contributed by atoms with Crippen LogP contribution in [0.4, 0.5) is 0 Å². The maximum absolute atomic E-state index is 10.6. The molecule has 0 saturated carbocycles. The van der Waals surface area contributed by atoms with Crippen LogP contribution in [0.1, 0.15) is 39.5 Å². The van der Waals surface area contributed by atoms with Crippen LogP contribution < -0.4 is 9.79 Å². The highest BCUT2D eigenvalue weighted by atomic mass is 31.2. The lowest BCUT2D eigenvalue weighted by molar-refractivity contribution is -0.316. The molecule has 0 aliphatic rings. The van der Waals surface area contributed by atoms with E-state index >= 15 is 0 Å². The van der Waals surface area contributed by atoms with E-state index in [-0.39, 0.29) is 0 Å². The van der Waals surface area contributed by atoms with E-state index in [4.69, 9.17) is 0 Å². The minimum atomic E-state index is -4.31. The van der Waals surface area contributed by atoms with Crippen molar-refractivity contribution in [3.8, 4) is 0 Å². The predicted octanol–water partition coefficient (Wildman–Crippen LogP) is 0.869. The molecule has 0 amide bonds. The summed E-state index contributed by atoms with van der Waals surface area (Å²) >= 11 is 0. The van der Waals surface area contributed by atoms with Gasteiger partial charge < -0.3 is 14.4 Å². The molecule has 0 heterocycles. The lowest BCUT2D eigenvalue weighted by Gasteiger charge is -2.38. The Morgan fingerprint density at radius 1 is 1.18 bits per heavy atom. The van der Waals surface area contributed by atoms with E-state index in [0.29, 0.717) is 12.8 Å². The molecule has 0 aromatic heterocycles. The van der Waals surface area contributed by atoms with E-state index in [2.05, 4.69) is 0 Å². The van der Waals surface area contributed by atoms with Crippen molar-refractivity contribution in [3.05, 3.63) is 0 Å². The fraction of sp³-hybridized carbons (Fsp3) is 1.00. The fourth-order valence-electron chi connectivity index (χ4n) is 1.13. The average Bonchev–Trinajstić information content (AvgIpc) is 1.85. The molecule has 0 aromatic rings. The van der Waals surface area contributed by atoms with Crippen LogP contribution in [0.5, 0.6) is 0 Å². The van der Waals surface area contributed by atoms with Gasteiger partial charge in [0.15, 0.2) is 0 Å². The number of rotatable bonds is 5. The Kier molecular flexibility index (Phi) is 4.98. The third-order valence-electron chi connectivity index (χ3n) is 1.69. The Bertz CT molecular complexity index is 135. The Morgan fingerprint density at radius 3 is 1.73 bits per heavy atom. The topological polar surface area (TPSA) is 63.2 Å². The first kappa shape index (κ1) is 11.2. The molecular weight excluding hydrogens is 163 g/mol. The average molecular weight is 178 g/mol. The van der Waals surface area contributed by atoms with Crippen molar-refractivity contribution in [3.63, 3.8) is 0 Å². The van der Waals surface area contributed by atoms with E-state index in [0.717, 1.165) is 12.8 Å². The van der Waals surface area contributed by atoms with Gasteiger partial charge in [-0.2, -0.15) is 0 Å². The van der Waals surface area contributed by atoms with Crippen LogP contribution in [-0.2, 0) is 4.57 Å². The lowest BCUT2D eigenvalue weighted by Crippen LogP contribution is -2.25. The molecule has 0 aromatic carbocycles. The molecule has 0 saturated heterocycles. The van der Waals surface area contributed by atoms with Crippen LogP contribution in [0.25, 0.3) is 0 Å². The highest BCUT2D eigenvalue weighted by Gasteiger charge is 2.09. The highest BCUT2D eigenvalue weighted by molar-refractivity contribution is 7.49. The van der Waals surface area contributed by atoms with Crippen molar-refractivity contribution in [2.75, 3.05) is 0 Å². The standard InChI is InChI=1S/C7H17O3P/c1-3-5-7(6-4-2)11(8,9)10/h7H,3-6H2,1-2H3,(H2,8,9,10)/p-2. The summed E-state index contributed by atoms with van der Waals surface area (Å²) in [4.78, 5) is 21.2. The smallest absolute Gasteiger partial charge is 0.0134 e. The third kappa shape index (κ3) is 4.57. The molecule has 0 spiro atoms. The van der Waals surface area contributed by atoms with E-state index < -0.39 is 13.3 Å². The van der Waals surface area contributed by atoms with Gasteiger partial charge in [-0.1, -0.05) is 34.3 Å². The van der Waals surface area contributed by atoms with Gasteiger partial charge in [0.2, 0.25) is 0 Å². The summed E-state index contributed by atoms with van der Waals surface area (Å²) in [6, 6.07) is 0. The van der Waals surface area contributed by atoms with Gasteiger partial charge in [-0.15, -0.1) is 0 Å². The molecule has 0 aliphatic carbocycles. The van der Waals surface area contributed by atoms with Crippen molar-refractivity contribution in [1.29, 1.82) is 0 Å². The van der Waals surface area contributed by atoms with Crippen molar-refractivity contribution < 1.29 is 14.4 Å². The normalized spacial score (nSPS) is 12.5. The lowest BCUT2D eigenvalue weighted by atomic mass is 10.2. The summed E-state index contributed by atoms with van der Waals surface area (Å²) in [6.07, 6.45) is 2.55. The summed E-state index contributed by atoms with van der Waals surface area (Å²) in [6.45, 7) is 3.77. The van der Waals surface area contributed by atoms with Crippen molar-refractivity contribution >= 4 is 7.60 Å². The zero-order valence-corrected chi connectivity index (χ0v) is 7.97. The Morgan fingerprint density at radius 2 is 1.55 bits per heavy atom. The van der Waals surface area contributed by atoms with Crippen LogP contribution in [0.2, 0.25) is 0 Å². The second-order valence-corrected chi connectivity index (χ2v) is 4.58. The second kappa shape index (κ2) is 4.91. The molecule has 0 aliphatic heterocycles. The van der Waals surface area contributed by atoms with Gasteiger partial charge in [0.1, 0.15) is 0 Å². The molecule has 0 bridgehead atoms. The molecule has 11 heavy (non-hydrogen) atoms. The highest BCUT2D eigenvalue weighted by Crippen LogP contribution is 2.37. The molecule has 0 rings (SSSR count). The van der Waals surface area contributed by atoms with E-state index in [9.17, 15) is 14.4 Å². The second-order valence-electron chi connectivity index (χ2n) is 2.77. The predicted molar refractivity (Wildman–Crippen MR) is 41.2 cm³/mol. The third-order valence-corrected chi connectivity index (χ3v) is 3.10. The maximum Gasteiger partial charge on any atom is -0.0134 e. The molecule has 3 nitrogen and oxygen atoms in total. The van der Waals surface area contributed by atoms with Crippen LogP contribution in [0.15, 0.2) is 0 Å². The molecule has 0 radical (unpaired) electrons. The fourth-order valence-corrected chi connectivity index (χ4v) is 2.28. The van der Waals surface area contributed by atoms with Crippen molar-refractivity contribution in [2.45, 2.75) is 45.2 Å². The van der Waals surface area contributed by atoms with Gasteiger partial charge in [0.25, 0.3) is 0 Å². The van der Waals surface area contributed by atoms with Gasteiger partial charge in [-0.25, -0.2) is 0 Å². The summed E-state index contributed by atoms with van der Waals surface area (Å²) in [7, 11) is -4.31. The Labute approximate surface area is 68.0 Å². The first-order chi connectivity index (χ1) is 5.02. The number of hydrogen-bond donors (Lipinski definition) is 0. The summed E-state index contributed by atoms with van der Waals surface area (Å²) in [5.41, 5.74) is -0.627. The SMILES string of the molecule is CCCC(CCC)P(=O)([O-])[O-]. The number of hydrogen-bond acceptors (Lipinski definition) is 3. The Balaban J connectivity index is 3.99. The van der Waals surface area contributed by atoms with E-state index in [1.54, 1.807) is 0 Å². The monoisotopic (exact) mass is 178 g/mol. The molecule has 4 heteroatoms. The van der Waals surface area contributed by atoms with Gasteiger partial charge in [0.05, 0.1) is 0 Å². The van der Waals surface area contributed by atoms with Crippen LogP contribution >= 0.6 is 7.60 Å². The van der Waals surface area contributed by atoms with Gasteiger partial charge in [0, 0.05) is 0 Å². The van der Waals surface area contributed by atoms with Gasteiger partial charge in [-0.3, -0.25) is 0 Å². The molecule has 0 fully saturated rings. The Hall–Kier alpha value is 0.150. The zero-order chi connectivity index (χ0) is 8.91. The first-order valence-electron chi connectivity index (χ1n) is 4.04. The summed E-state index contributed by atoms with van der Waals surface area (Å²) in [5.74, 6) is 0. The van der Waals surface area contributed by atoms with Crippen molar-refractivity contribution in [1.82, 2.24) is 0 Å². The minimum absolute atomic E-state index is 0.512.